The fraction of sp³-hybridized carbons (Fsp3) is 0.167. The van der Waals surface area contributed by atoms with Gasteiger partial charge in [0, 0.05) is 26.2 Å². The number of carbonyl (C=O) groups is 1. The van der Waals surface area contributed by atoms with Gasteiger partial charge in [0.2, 0.25) is 0 Å². The van der Waals surface area contributed by atoms with Gasteiger partial charge in [-0.15, -0.1) is 0 Å². The second-order valence-corrected chi connectivity index (χ2v) is 6.01. The van der Waals surface area contributed by atoms with E-state index in [-0.39, 0.29) is 11.3 Å². The third-order valence-corrected chi connectivity index (χ3v) is 4.39. The molecular formula is C18H15N5O3. The number of fused-ring (bicyclic) bond motifs is 2. The number of hydrogen-bond acceptors (Lipinski definition) is 6. The molecule has 0 unspecified atom stereocenters. The molecule has 8 heteroatoms. The first kappa shape index (κ1) is 15.9. The number of nitro benzene ring substituents is 1. The number of aromatic nitrogens is 2. The van der Waals surface area contributed by atoms with E-state index in [1.54, 1.807) is 12.1 Å². The molecule has 2 heterocycles. The van der Waals surface area contributed by atoms with Gasteiger partial charge in [-0.25, -0.2) is 9.97 Å². The summed E-state index contributed by atoms with van der Waals surface area (Å²) in [6, 6.07) is 13.4. The first-order valence-electron chi connectivity index (χ1n) is 8.09. The first-order chi connectivity index (χ1) is 12.6. The van der Waals surface area contributed by atoms with Crippen molar-refractivity contribution in [3.63, 3.8) is 0 Å². The van der Waals surface area contributed by atoms with Crippen LogP contribution in [0.25, 0.3) is 11.0 Å². The molecule has 1 aliphatic heterocycles. The number of anilines is 2. The molecule has 26 heavy (non-hydrogen) atoms. The monoisotopic (exact) mass is 349 g/mol. The van der Waals surface area contributed by atoms with Crippen molar-refractivity contribution in [2.75, 3.05) is 29.9 Å². The van der Waals surface area contributed by atoms with Crippen LogP contribution in [0.4, 0.5) is 17.3 Å². The van der Waals surface area contributed by atoms with Gasteiger partial charge in [0.1, 0.15) is 5.56 Å². The van der Waals surface area contributed by atoms with E-state index < -0.39 is 10.8 Å². The third kappa shape index (κ3) is 2.52. The molecule has 0 spiro atoms. The average Bonchev–Trinajstić information content (AvgIpc) is 2.66. The van der Waals surface area contributed by atoms with Gasteiger partial charge < -0.3 is 4.90 Å². The van der Waals surface area contributed by atoms with Crippen LogP contribution in [0, 0.1) is 10.1 Å². The maximum atomic E-state index is 13.1. The topological polar surface area (TPSA) is 92.5 Å². The Hall–Kier alpha value is -3.55. The fourth-order valence-corrected chi connectivity index (χ4v) is 3.04. The standard InChI is InChI=1S/C18H15N5O3/c1-21-10-11-22(18(24)12-6-2-5-9-15(12)23(25)26)17-16(21)19-13-7-3-4-8-14(13)20-17/h2-9H,10-11H2,1H3. The highest BCUT2D eigenvalue weighted by Crippen LogP contribution is 2.32. The molecule has 0 bridgehead atoms. The van der Waals surface area contributed by atoms with E-state index in [9.17, 15) is 14.9 Å². The summed E-state index contributed by atoms with van der Waals surface area (Å²) >= 11 is 0. The van der Waals surface area contributed by atoms with Gasteiger partial charge in [0.15, 0.2) is 11.6 Å². The van der Waals surface area contributed by atoms with Crippen LogP contribution in [0.1, 0.15) is 10.4 Å². The molecule has 0 saturated heterocycles. The third-order valence-electron chi connectivity index (χ3n) is 4.39. The minimum atomic E-state index is -0.545. The molecule has 8 nitrogen and oxygen atoms in total. The molecule has 1 aliphatic rings. The Morgan fingerprint density at radius 1 is 1.00 bits per heavy atom. The molecule has 130 valence electrons. The van der Waals surface area contributed by atoms with Gasteiger partial charge in [-0.05, 0) is 18.2 Å². The highest BCUT2D eigenvalue weighted by molar-refractivity contribution is 6.10. The zero-order valence-electron chi connectivity index (χ0n) is 14.0. The second-order valence-electron chi connectivity index (χ2n) is 6.01. The number of rotatable bonds is 2. The summed E-state index contributed by atoms with van der Waals surface area (Å²) < 4.78 is 0. The average molecular weight is 349 g/mol. The molecule has 0 saturated carbocycles. The van der Waals surface area contributed by atoms with Crippen molar-refractivity contribution in [3.8, 4) is 0 Å². The van der Waals surface area contributed by atoms with E-state index in [4.69, 9.17) is 0 Å². The van der Waals surface area contributed by atoms with E-state index in [1.807, 2.05) is 36.2 Å². The van der Waals surface area contributed by atoms with Gasteiger partial charge in [0.05, 0.1) is 16.0 Å². The Morgan fingerprint density at radius 2 is 1.62 bits per heavy atom. The quantitative estimate of drug-likeness (QED) is 0.522. The van der Waals surface area contributed by atoms with E-state index in [0.717, 1.165) is 5.52 Å². The second kappa shape index (κ2) is 6.07. The van der Waals surface area contributed by atoms with Crippen molar-refractivity contribution in [1.82, 2.24) is 9.97 Å². The Kier molecular flexibility index (Phi) is 3.72. The van der Waals surface area contributed by atoms with Crippen molar-refractivity contribution in [2.24, 2.45) is 0 Å². The zero-order valence-corrected chi connectivity index (χ0v) is 14.0. The molecule has 0 fully saturated rings. The predicted molar refractivity (Wildman–Crippen MR) is 97.6 cm³/mol. The number of carbonyl (C=O) groups excluding carboxylic acids is 1. The summed E-state index contributed by atoms with van der Waals surface area (Å²) in [7, 11) is 1.88. The number of nitrogens with zero attached hydrogens (tertiary/aromatic N) is 5. The molecule has 1 amide bonds. The van der Waals surface area contributed by atoms with Gasteiger partial charge in [-0.3, -0.25) is 19.8 Å². The van der Waals surface area contributed by atoms with E-state index in [0.29, 0.717) is 30.2 Å². The summed E-state index contributed by atoms with van der Waals surface area (Å²) in [6.45, 7) is 0.938. The van der Waals surface area contributed by atoms with Gasteiger partial charge in [-0.2, -0.15) is 0 Å². The summed E-state index contributed by atoms with van der Waals surface area (Å²) in [5, 5.41) is 11.3. The van der Waals surface area contributed by atoms with E-state index >= 15 is 0 Å². The van der Waals surface area contributed by atoms with Crippen molar-refractivity contribution < 1.29 is 9.72 Å². The van der Waals surface area contributed by atoms with Crippen LogP contribution in [0.15, 0.2) is 48.5 Å². The fourth-order valence-electron chi connectivity index (χ4n) is 3.04. The first-order valence-corrected chi connectivity index (χ1v) is 8.09. The van der Waals surface area contributed by atoms with Crippen LogP contribution >= 0.6 is 0 Å². The van der Waals surface area contributed by atoms with Gasteiger partial charge in [-0.1, -0.05) is 24.3 Å². The Bertz CT molecular complexity index is 1040. The van der Waals surface area contributed by atoms with Gasteiger partial charge >= 0.3 is 0 Å². The van der Waals surface area contributed by atoms with Crippen molar-refractivity contribution in [2.45, 2.75) is 0 Å². The normalized spacial score (nSPS) is 13.6. The highest BCUT2D eigenvalue weighted by Gasteiger charge is 2.32. The minimum absolute atomic E-state index is 0.0444. The summed E-state index contributed by atoms with van der Waals surface area (Å²) in [5.74, 6) is 0.554. The number of hydrogen-bond donors (Lipinski definition) is 0. The molecular weight excluding hydrogens is 334 g/mol. The van der Waals surface area contributed by atoms with Crippen LogP contribution < -0.4 is 9.80 Å². The smallest absolute Gasteiger partial charge is 0.282 e. The zero-order chi connectivity index (χ0) is 18.3. The Labute approximate surface area is 148 Å². The van der Waals surface area contributed by atoms with Crippen LogP contribution in [-0.2, 0) is 0 Å². The van der Waals surface area contributed by atoms with Crippen molar-refractivity contribution in [3.05, 3.63) is 64.2 Å². The number of benzene rings is 2. The lowest BCUT2D eigenvalue weighted by molar-refractivity contribution is -0.385. The summed E-state index contributed by atoms with van der Waals surface area (Å²) in [5.41, 5.74) is 1.23. The minimum Gasteiger partial charge on any atom is -0.355 e. The van der Waals surface area contributed by atoms with E-state index in [2.05, 4.69) is 9.97 Å². The van der Waals surface area contributed by atoms with Crippen molar-refractivity contribution in [1.29, 1.82) is 0 Å². The lowest BCUT2D eigenvalue weighted by Crippen LogP contribution is -2.44. The largest absolute Gasteiger partial charge is 0.355 e. The molecule has 0 aliphatic carbocycles. The van der Waals surface area contributed by atoms with E-state index in [1.165, 1.54) is 17.0 Å². The van der Waals surface area contributed by atoms with Crippen LogP contribution in [-0.4, -0.2) is 40.9 Å². The number of likely N-dealkylation sites (N-methyl/N-ethyl adjacent to an activating group) is 1. The van der Waals surface area contributed by atoms with Crippen LogP contribution in [0.3, 0.4) is 0 Å². The lowest BCUT2D eigenvalue weighted by Gasteiger charge is -2.33. The maximum absolute atomic E-state index is 13.1. The SMILES string of the molecule is CN1CCN(C(=O)c2ccccc2[N+](=O)[O-])c2nc3ccccc3nc21. The molecule has 0 N–H and O–H groups in total. The Morgan fingerprint density at radius 3 is 2.31 bits per heavy atom. The molecule has 4 rings (SSSR count). The molecule has 0 radical (unpaired) electrons. The van der Waals surface area contributed by atoms with Gasteiger partial charge in [0.25, 0.3) is 11.6 Å². The molecule has 0 atom stereocenters. The number of amides is 1. The molecule has 1 aromatic heterocycles. The number of para-hydroxylation sites is 3. The molecule has 2 aromatic carbocycles. The number of nitro groups is 1. The maximum Gasteiger partial charge on any atom is 0.282 e. The van der Waals surface area contributed by atoms with Crippen molar-refractivity contribution >= 4 is 34.3 Å². The highest BCUT2D eigenvalue weighted by atomic mass is 16.6. The predicted octanol–water partition coefficient (Wildman–Crippen LogP) is 2.63. The van der Waals surface area contributed by atoms with Crippen LogP contribution in [0.5, 0.6) is 0 Å². The molecule has 3 aromatic rings. The Balaban J connectivity index is 1.85. The lowest BCUT2D eigenvalue weighted by atomic mass is 10.1. The van der Waals surface area contributed by atoms with Crippen LogP contribution in [0.2, 0.25) is 0 Å². The summed E-state index contributed by atoms with van der Waals surface area (Å²) in [4.78, 5) is 36.4. The summed E-state index contributed by atoms with van der Waals surface area (Å²) in [6.07, 6.45) is 0.